The second kappa shape index (κ2) is 7.64. The van der Waals surface area contributed by atoms with Crippen LogP contribution in [0.4, 0.5) is 11.4 Å². The van der Waals surface area contributed by atoms with Crippen molar-refractivity contribution in [2.75, 3.05) is 37.3 Å². The Morgan fingerprint density at radius 3 is 3.14 bits per heavy atom. The Morgan fingerprint density at radius 2 is 2.38 bits per heavy atom. The number of nitrogens with two attached hydrogens (primary N) is 1. The quantitative estimate of drug-likeness (QED) is 0.838. The summed E-state index contributed by atoms with van der Waals surface area (Å²) in [5, 5.41) is 3.33. The summed E-state index contributed by atoms with van der Waals surface area (Å²) in [6.45, 7) is 5.46. The second-order valence-corrected chi connectivity index (χ2v) is 5.78. The lowest BCUT2D eigenvalue weighted by Gasteiger charge is -2.21. The van der Waals surface area contributed by atoms with E-state index in [1.165, 1.54) is 0 Å². The monoisotopic (exact) mass is 311 g/mol. The van der Waals surface area contributed by atoms with Gasteiger partial charge in [0.1, 0.15) is 0 Å². The van der Waals surface area contributed by atoms with Gasteiger partial charge in [-0.1, -0.05) is 11.6 Å². The Hall–Kier alpha value is -1.30. The molecular weight excluding hydrogens is 290 g/mol. The molecule has 0 aromatic heterocycles. The van der Waals surface area contributed by atoms with E-state index >= 15 is 0 Å². The highest BCUT2D eigenvalue weighted by atomic mass is 35.5. The molecular formula is C15H22ClN3O2. The van der Waals surface area contributed by atoms with Gasteiger partial charge in [-0.2, -0.15) is 0 Å². The molecule has 1 amide bonds. The summed E-state index contributed by atoms with van der Waals surface area (Å²) in [5.74, 6) is -0.0189. The number of hydrogen-bond donors (Lipinski definition) is 2. The predicted molar refractivity (Wildman–Crippen MR) is 85.6 cm³/mol. The van der Waals surface area contributed by atoms with Crippen molar-refractivity contribution in [3.63, 3.8) is 0 Å². The van der Waals surface area contributed by atoms with Gasteiger partial charge < -0.3 is 20.7 Å². The molecule has 0 radical (unpaired) electrons. The number of nitrogens with zero attached hydrogens (tertiary/aromatic N) is 1. The van der Waals surface area contributed by atoms with Crippen LogP contribution in [-0.4, -0.2) is 43.2 Å². The lowest BCUT2D eigenvalue weighted by molar-refractivity contribution is -0.116. The van der Waals surface area contributed by atoms with Gasteiger partial charge in [-0.25, -0.2) is 0 Å². The lowest BCUT2D eigenvalue weighted by atomic mass is 10.2. The second-order valence-electron chi connectivity index (χ2n) is 5.37. The number of nitrogens with one attached hydrogen (secondary N) is 1. The van der Waals surface area contributed by atoms with Gasteiger partial charge in [-0.15, -0.1) is 0 Å². The maximum Gasteiger partial charge on any atom is 0.225 e. The van der Waals surface area contributed by atoms with Crippen molar-refractivity contribution in [1.82, 2.24) is 4.90 Å². The SMILES string of the molecule is CC1CN(CCC(=O)Nc2ccc(Cl)c(N)c2)CCCO1. The van der Waals surface area contributed by atoms with E-state index in [4.69, 9.17) is 22.1 Å². The van der Waals surface area contributed by atoms with Gasteiger partial charge >= 0.3 is 0 Å². The minimum atomic E-state index is -0.0189. The maximum atomic E-state index is 12.0. The van der Waals surface area contributed by atoms with Crippen molar-refractivity contribution in [2.24, 2.45) is 0 Å². The average Bonchev–Trinajstić information content (AvgIpc) is 2.65. The van der Waals surface area contributed by atoms with Crippen LogP contribution in [-0.2, 0) is 9.53 Å². The number of hydrogen-bond acceptors (Lipinski definition) is 4. The van der Waals surface area contributed by atoms with Crippen LogP contribution in [0.25, 0.3) is 0 Å². The molecule has 1 atom stereocenters. The predicted octanol–water partition coefficient (Wildman–Crippen LogP) is 2.36. The molecule has 1 aromatic carbocycles. The topological polar surface area (TPSA) is 67.6 Å². The van der Waals surface area contributed by atoms with E-state index in [9.17, 15) is 4.79 Å². The molecule has 1 unspecified atom stereocenters. The first kappa shape index (κ1) is 16.1. The van der Waals surface area contributed by atoms with Gasteiger partial charge in [-0.05, 0) is 31.5 Å². The van der Waals surface area contributed by atoms with Gasteiger partial charge in [0.05, 0.1) is 16.8 Å². The third kappa shape index (κ3) is 5.19. The highest BCUT2D eigenvalue weighted by Gasteiger charge is 2.15. The third-order valence-electron chi connectivity index (χ3n) is 3.47. The fraction of sp³-hybridized carbons (Fsp3) is 0.533. The summed E-state index contributed by atoms with van der Waals surface area (Å²) in [5.41, 5.74) is 6.86. The largest absolute Gasteiger partial charge is 0.397 e. The summed E-state index contributed by atoms with van der Waals surface area (Å²) in [6, 6.07) is 5.10. The molecule has 6 heteroatoms. The smallest absolute Gasteiger partial charge is 0.225 e. The lowest BCUT2D eigenvalue weighted by Crippen LogP contribution is -2.33. The van der Waals surface area contributed by atoms with Crippen molar-refractivity contribution in [3.8, 4) is 0 Å². The van der Waals surface area contributed by atoms with Gasteiger partial charge in [-0.3, -0.25) is 4.79 Å². The molecule has 1 heterocycles. The van der Waals surface area contributed by atoms with Crippen LogP contribution in [0.2, 0.25) is 5.02 Å². The number of rotatable bonds is 4. The van der Waals surface area contributed by atoms with Gasteiger partial charge in [0.2, 0.25) is 5.91 Å². The van der Waals surface area contributed by atoms with E-state index in [0.29, 0.717) is 22.8 Å². The summed E-state index contributed by atoms with van der Waals surface area (Å²) < 4.78 is 5.59. The molecule has 0 spiro atoms. The molecule has 21 heavy (non-hydrogen) atoms. The van der Waals surface area contributed by atoms with Gasteiger partial charge in [0, 0.05) is 38.3 Å². The molecule has 1 aliphatic heterocycles. The first-order valence-electron chi connectivity index (χ1n) is 7.23. The molecule has 1 fully saturated rings. The fourth-order valence-corrected chi connectivity index (χ4v) is 2.51. The average molecular weight is 312 g/mol. The molecule has 0 aliphatic carbocycles. The molecule has 3 N–H and O–H groups in total. The minimum absolute atomic E-state index is 0.0189. The van der Waals surface area contributed by atoms with Crippen LogP contribution < -0.4 is 11.1 Å². The minimum Gasteiger partial charge on any atom is -0.397 e. The van der Waals surface area contributed by atoms with Gasteiger partial charge in [0.25, 0.3) is 0 Å². The Balaban J connectivity index is 1.80. The molecule has 5 nitrogen and oxygen atoms in total. The van der Waals surface area contributed by atoms with E-state index in [0.717, 1.165) is 32.7 Å². The Morgan fingerprint density at radius 1 is 1.57 bits per heavy atom. The summed E-state index contributed by atoms with van der Waals surface area (Å²) in [7, 11) is 0. The van der Waals surface area contributed by atoms with Crippen molar-refractivity contribution in [2.45, 2.75) is 25.9 Å². The zero-order chi connectivity index (χ0) is 15.2. The van der Waals surface area contributed by atoms with Crippen LogP contribution in [0.3, 0.4) is 0 Å². The Labute approximate surface area is 130 Å². The van der Waals surface area contributed by atoms with Crippen LogP contribution in [0.15, 0.2) is 18.2 Å². The van der Waals surface area contributed by atoms with Crippen molar-refractivity contribution in [3.05, 3.63) is 23.2 Å². The maximum absolute atomic E-state index is 12.0. The molecule has 0 bridgehead atoms. The zero-order valence-corrected chi connectivity index (χ0v) is 13.0. The number of carbonyl (C=O) groups excluding carboxylic acids is 1. The molecule has 1 aliphatic rings. The summed E-state index contributed by atoms with van der Waals surface area (Å²) in [4.78, 5) is 14.2. The summed E-state index contributed by atoms with van der Waals surface area (Å²) >= 11 is 5.85. The number of halogens is 1. The van der Waals surface area contributed by atoms with E-state index in [1.54, 1.807) is 18.2 Å². The number of anilines is 2. The van der Waals surface area contributed by atoms with Crippen LogP contribution in [0.5, 0.6) is 0 Å². The first-order valence-corrected chi connectivity index (χ1v) is 7.61. The zero-order valence-electron chi connectivity index (χ0n) is 12.3. The number of nitrogen functional groups attached to an aromatic ring is 1. The molecule has 0 saturated carbocycles. The van der Waals surface area contributed by atoms with Crippen molar-refractivity contribution >= 4 is 28.9 Å². The molecule has 116 valence electrons. The van der Waals surface area contributed by atoms with E-state index in [1.807, 2.05) is 0 Å². The first-order chi connectivity index (χ1) is 10.0. The number of ether oxygens (including phenoxy) is 1. The fourth-order valence-electron chi connectivity index (χ4n) is 2.39. The summed E-state index contributed by atoms with van der Waals surface area (Å²) in [6.07, 6.45) is 1.70. The van der Waals surface area contributed by atoms with E-state index in [-0.39, 0.29) is 12.0 Å². The van der Waals surface area contributed by atoms with E-state index < -0.39 is 0 Å². The number of carbonyl (C=O) groups is 1. The highest BCUT2D eigenvalue weighted by Crippen LogP contribution is 2.22. The van der Waals surface area contributed by atoms with Crippen molar-refractivity contribution < 1.29 is 9.53 Å². The van der Waals surface area contributed by atoms with E-state index in [2.05, 4.69) is 17.1 Å². The Kier molecular flexibility index (Phi) is 5.85. The Bertz CT molecular complexity index is 496. The van der Waals surface area contributed by atoms with Crippen LogP contribution in [0.1, 0.15) is 19.8 Å². The highest BCUT2D eigenvalue weighted by molar-refractivity contribution is 6.33. The normalized spacial score (nSPS) is 20.0. The van der Waals surface area contributed by atoms with Crippen molar-refractivity contribution in [1.29, 1.82) is 0 Å². The van der Waals surface area contributed by atoms with Gasteiger partial charge in [0.15, 0.2) is 0 Å². The molecule has 1 saturated heterocycles. The standard InChI is InChI=1S/C15H22ClN3O2/c1-11-10-19(6-2-8-21-11)7-5-15(20)18-12-3-4-13(16)14(17)9-12/h3-4,9,11H,2,5-8,10,17H2,1H3,(H,18,20). The molecule has 1 aromatic rings. The number of amides is 1. The molecule has 2 rings (SSSR count). The van der Waals surface area contributed by atoms with Crippen LogP contribution >= 0.6 is 11.6 Å². The number of benzene rings is 1. The van der Waals surface area contributed by atoms with Crippen LogP contribution in [0, 0.1) is 0 Å². The third-order valence-corrected chi connectivity index (χ3v) is 3.82.